The number of carbonyl (C=O) groups excluding carboxylic acids is 2. The monoisotopic (exact) mass is 456 g/mol. The second-order valence-electron chi connectivity index (χ2n) is 9.26. The van der Waals surface area contributed by atoms with Gasteiger partial charge in [0.05, 0.1) is 6.54 Å². The Morgan fingerprint density at radius 3 is 2.50 bits per heavy atom. The van der Waals surface area contributed by atoms with Gasteiger partial charge in [-0.1, -0.05) is 32.9 Å². The predicted octanol–water partition coefficient (Wildman–Crippen LogP) is 4.76. The number of benzene rings is 1. The Bertz CT molecular complexity index is 977. The minimum atomic E-state index is -0.153. The molecule has 2 heterocycles. The molecule has 1 aromatic heterocycles. The van der Waals surface area contributed by atoms with E-state index in [4.69, 9.17) is 9.47 Å². The average Bonchev–Trinajstić information content (AvgIpc) is 3.34. The summed E-state index contributed by atoms with van der Waals surface area (Å²) in [4.78, 5) is 30.8. The molecule has 2 amide bonds. The van der Waals surface area contributed by atoms with E-state index in [-0.39, 0.29) is 30.6 Å². The molecule has 6 nitrogen and oxygen atoms in total. The lowest BCUT2D eigenvalue weighted by Gasteiger charge is -2.29. The first-order valence-electron chi connectivity index (χ1n) is 10.7. The Balaban J connectivity index is 1.79. The highest BCUT2D eigenvalue weighted by molar-refractivity contribution is 7.10. The summed E-state index contributed by atoms with van der Waals surface area (Å²) in [5, 5.41) is 2.03. The number of hydrogen-bond acceptors (Lipinski definition) is 5. The largest absolute Gasteiger partial charge is 0.454 e. The first-order valence-corrected chi connectivity index (χ1v) is 11.6. The molecule has 1 aliphatic heterocycles. The molecule has 32 heavy (non-hydrogen) atoms. The summed E-state index contributed by atoms with van der Waals surface area (Å²) in [6.07, 6.45) is 2.04. The number of amides is 2. The number of rotatable bonds is 9. The first kappa shape index (κ1) is 23.9. The lowest BCUT2D eigenvalue weighted by molar-refractivity contribution is -0.141. The van der Waals surface area contributed by atoms with Crippen molar-refractivity contribution in [1.29, 1.82) is 0 Å². The van der Waals surface area contributed by atoms with Gasteiger partial charge in [0.15, 0.2) is 11.5 Å². The number of fused-ring (bicyclic) bond motifs is 1. The van der Waals surface area contributed by atoms with Crippen LogP contribution in [0.2, 0.25) is 0 Å². The zero-order valence-corrected chi connectivity index (χ0v) is 20.2. The van der Waals surface area contributed by atoms with Crippen LogP contribution in [0.25, 0.3) is 0 Å². The minimum absolute atomic E-state index is 0.0237. The molecular weight excluding hydrogens is 424 g/mol. The van der Waals surface area contributed by atoms with Crippen LogP contribution in [0, 0.1) is 12.3 Å². The summed E-state index contributed by atoms with van der Waals surface area (Å²) in [7, 11) is 0. The number of ether oxygens (including phenoxy) is 2. The third-order valence-corrected chi connectivity index (χ3v) is 6.18. The van der Waals surface area contributed by atoms with E-state index in [2.05, 4.69) is 12.6 Å². The molecular formula is C25H32N2O4S. The highest BCUT2D eigenvalue weighted by Crippen LogP contribution is 2.33. The van der Waals surface area contributed by atoms with Gasteiger partial charge in [-0.15, -0.1) is 17.9 Å². The van der Waals surface area contributed by atoms with Gasteiger partial charge in [-0.3, -0.25) is 9.59 Å². The maximum atomic E-state index is 13.4. The Labute approximate surface area is 194 Å². The molecule has 2 aromatic rings. The molecule has 0 saturated carbocycles. The van der Waals surface area contributed by atoms with Crippen LogP contribution in [0.15, 0.2) is 42.3 Å². The van der Waals surface area contributed by atoms with Crippen LogP contribution in [0.1, 0.15) is 43.2 Å². The van der Waals surface area contributed by atoms with Crippen LogP contribution in [-0.2, 0) is 22.7 Å². The Morgan fingerprint density at radius 2 is 1.84 bits per heavy atom. The van der Waals surface area contributed by atoms with E-state index in [9.17, 15) is 9.59 Å². The summed E-state index contributed by atoms with van der Waals surface area (Å²) in [5.74, 6) is 1.27. The minimum Gasteiger partial charge on any atom is -0.454 e. The molecule has 7 heteroatoms. The van der Waals surface area contributed by atoms with Crippen molar-refractivity contribution in [2.75, 3.05) is 19.9 Å². The molecule has 0 radical (unpaired) electrons. The maximum Gasteiger partial charge on any atom is 0.242 e. The molecule has 0 spiro atoms. The molecule has 0 unspecified atom stereocenters. The van der Waals surface area contributed by atoms with E-state index in [0.717, 1.165) is 16.0 Å². The number of thiophene rings is 1. The fourth-order valence-electron chi connectivity index (χ4n) is 3.47. The highest BCUT2D eigenvalue weighted by Gasteiger charge is 2.25. The first-order chi connectivity index (χ1) is 15.2. The van der Waals surface area contributed by atoms with Gasteiger partial charge in [0.25, 0.3) is 0 Å². The molecule has 172 valence electrons. The van der Waals surface area contributed by atoms with Crippen LogP contribution >= 0.6 is 11.3 Å². The molecule has 0 bridgehead atoms. The van der Waals surface area contributed by atoms with Crippen molar-refractivity contribution >= 4 is 23.2 Å². The second-order valence-corrected chi connectivity index (χ2v) is 10.3. The SMILES string of the molecule is C=CCN(CC(=O)N(Cc1ccc2c(c1)OCO2)Cc1sccc1C)C(=O)CC(C)(C)C. The smallest absolute Gasteiger partial charge is 0.242 e. The maximum absolute atomic E-state index is 13.4. The van der Waals surface area contributed by atoms with Crippen LogP contribution in [0.5, 0.6) is 11.5 Å². The Kier molecular flexibility index (Phi) is 7.61. The number of hydrogen-bond donors (Lipinski definition) is 0. The van der Waals surface area contributed by atoms with Crippen molar-refractivity contribution in [2.45, 2.75) is 47.2 Å². The van der Waals surface area contributed by atoms with Gasteiger partial charge >= 0.3 is 0 Å². The van der Waals surface area contributed by atoms with E-state index in [1.165, 1.54) is 0 Å². The quantitative estimate of drug-likeness (QED) is 0.510. The average molecular weight is 457 g/mol. The zero-order chi connectivity index (χ0) is 23.3. The van der Waals surface area contributed by atoms with Crippen LogP contribution in [-0.4, -0.2) is 41.5 Å². The summed E-state index contributed by atoms with van der Waals surface area (Å²) in [6, 6.07) is 7.78. The van der Waals surface area contributed by atoms with Crippen LogP contribution < -0.4 is 9.47 Å². The number of carbonyl (C=O) groups is 2. The molecule has 3 rings (SSSR count). The molecule has 1 aromatic carbocycles. The molecule has 0 N–H and O–H groups in total. The molecule has 0 saturated heterocycles. The summed E-state index contributed by atoms with van der Waals surface area (Å²) in [6.45, 7) is 13.4. The van der Waals surface area contributed by atoms with Gasteiger partial charge in [0.1, 0.15) is 6.54 Å². The van der Waals surface area contributed by atoms with Crippen molar-refractivity contribution < 1.29 is 19.1 Å². The van der Waals surface area contributed by atoms with Crippen molar-refractivity contribution in [2.24, 2.45) is 5.41 Å². The van der Waals surface area contributed by atoms with Crippen molar-refractivity contribution in [3.8, 4) is 11.5 Å². The molecule has 0 fully saturated rings. The molecule has 1 aliphatic rings. The van der Waals surface area contributed by atoms with Gasteiger partial charge < -0.3 is 19.3 Å². The summed E-state index contributed by atoms with van der Waals surface area (Å²) in [5.41, 5.74) is 1.96. The van der Waals surface area contributed by atoms with Gasteiger partial charge in [-0.25, -0.2) is 0 Å². The van der Waals surface area contributed by atoms with Crippen LogP contribution in [0.4, 0.5) is 0 Å². The fraction of sp³-hybridized carbons (Fsp3) is 0.440. The topological polar surface area (TPSA) is 59.1 Å². The van der Waals surface area contributed by atoms with Crippen molar-refractivity contribution in [1.82, 2.24) is 9.80 Å². The lowest BCUT2D eigenvalue weighted by Crippen LogP contribution is -2.43. The van der Waals surface area contributed by atoms with Crippen molar-refractivity contribution in [3.63, 3.8) is 0 Å². The standard InChI is InChI=1S/C25H32N2O4S/c1-6-10-26(23(28)13-25(3,4)5)16-24(29)27(15-22-18(2)9-11-32-22)14-19-7-8-20-21(12-19)31-17-30-20/h6-9,11-12H,1,10,13-17H2,2-5H3. The number of nitrogens with zero attached hydrogens (tertiary/aromatic N) is 2. The zero-order valence-electron chi connectivity index (χ0n) is 19.3. The van der Waals surface area contributed by atoms with E-state index in [0.29, 0.717) is 37.6 Å². The van der Waals surface area contributed by atoms with Crippen LogP contribution in [0.3, 0.4) is 0 Å². The van der Waals surface area contributed by atoms with Gasteiger partial charge in [-0.2, -0.15) is 0 Å². The predicted molar refractivity (Wildman–Crippen MR) is 127 cm³/mol. The summed E-state index contributed by atoms with van der Waals surface area (Å²) < 4.78 is 10.9. The van der Waals surface area contributed by atoms with E-state index < -0.39 is 0 Å². The lowest BCUT2D eigenvalue weighted by atomic mass is 9.91. The van der Waals surface area contributed by atoms with Gasteiger partial charge in [0, 0.05) is 24.4 Å². The van der Waals surface area contributed by atoms with Gasteiger partial charge in [-0.05, 0) is 47.0 Å². The second kappa shape index (κ2) is 10.2. The number of aryl methyl sites for hydroxylation is 1. The Hall–Kier alpha value is -2.80. The third-order valence-electron chi connectivity index (χ3n) is 5.18. The van der Waals surface area contributed by atoms with Crippen molar-refractivity contribution in [3.05, 3.63) is 58.3 Å². The van der Waals surface area contributed by atoms with E-state index >= 15 is 0 Å². The van der Waals surface area contributed by atoms with E-state index in [1.807, 2.05) is 51.3 Å². The third kappa shape index (κ3) is 6.36. The summed E-state index contributed by atoms with van der Waals surface area (Å²) >= 11 is 1.63. The highest BCUT2D eigenvalue weighted by atomic mass is 32.1. The van der Waals surface area contributed by atoms with E-state index in [1.54, 1.807) is 27.2 Å². The van der Waals surface area contributed by atoms with Gasteiger partial charge in [0.2, 0.25) is 18.6 Å². The molecule has 0 atom stereocenters. The molecule has 0 aliphatic carbocycles. The Morgan fingerprint density at radius 1 is 1.09 bits per heavy atom. The normalized spacial score (nSPS) is 12.5. The fourth-order valence-corrected chi connectivity index (χ4v) is 4.39.